The number of carbonyl (C=O) groups is 1. The summed E-state index contributed by atoms with van der Waals surface area (Å²) in [6.45, 7) is 0. The number of benzene rings is 1. The van der Waals surface area contributed by atoms with Crippen molar-refractivity contribution in [3.63, 3.8) is 0 Å². The molecule has 0 bridgehead atoms. The van der Waals surface area contributed by atoms with Crippen LogP contribution in [0.25, 0.3) is 0 Å². The number of carbonyl (C=O) groups excluding carboxylic acids is 1. The molecule has 0 aliphatic carbocycles. The van der Waals surface area contributed by atoms with Gasteiger partial charge < -0.3 is 4.74 Å². The summed E-state index contributed by atoms with van der Waals surface area (Å²) in [5.41, 5.74) is -0.922. The molecule has 0 unspecified atom stereocenters. The fourth-order valence-electron chi connectivity index (χ4n) is 0.971. The molecular weight excluding hydrogens is 217 g/mol. The maximum Gasteiger partial charge on any atom is 0.384 e. The lowest BCUT2D eigenvalue weighted by molar-refractivity contribution is -0.387. The van der Waals surface area contributed by atoms with Crippen molar-refractivity contribution in [2.75, 3.05) is 7.11 Å². The molecule has 6 heteroatoms. The van der Waals surface area contributed by atoms with Crippen LogP contribution in [0.4, 0.5) is 10.1 Å². The van der Waals surface area contributed by atoms with E-state index in [0.29, 0.717) is 0 Å². The fraction of sp³-hybridized carbons (Fsp3) is 0.100. The van der Waals surface area contributed by atoms with Crippen LogP contribution in [-0.4, -0.2) is 18.0 Å². The Balaban J connectivity index is 3.22. The number of hydrogen-bond acceptors (Lipinski definition) is 4. The number of ether oxygens (including phenoxy) is 1. The Hall–Kier alpha value is -2.42. The maximum atomic E-state index is 13.1. The van der Waals surface area contributed by atoms with Crippen molar-refractivity contribution in [3.05, 3.63) is 39.7 Å². The van der Waals surface area contributed by atoms with Crippen LogP contribution < -0.4 is 0 Å². The lowest BCUT2D eigenvalue weighted by Gasteiger charge is -1.95. The van der Waals surface area contributed by atoms with Gasteiger partial charge in [-0.2, -0.15) is 4.39 Å². The molecule has 0 saturated carbocycles. The van der Waals surface area contributed by atoms with Crippen LogP contribution in [0.1, 0.15) is 5.56 Å². The molecule has 0 heterocycles. The van der Waals surface area contributed by atoms with Gasteiger partial charge in [0.2, 0.25) is 5.82 Å². The Morgan fingerprint density at radius 1 is 1.56 bits per heavy atom. The largest absolute Gasteiger partial charge is 0.459 e. The molecule has 1 aromatic carbocycles. The minimum atomic E-state index is -0.998. The normalized spacial score (nSPS) is 8.88. The van der Waals surface area contributed by atoms with Crippen LogP contribution in [0, 0.1) is 27.8 Å². The molecule has 0 radical (unpaired) electrons. The van der Waals surface area contributed by atoms with Crippen molar-refractivity contribution in [2.45, 2.75) is 0 Å². The molecule has 0 spiro atoms. The van der Waals surface area contributed by atoms with E-state index >= 15 is 0 Å². The summed E-state index contributed by atoms with van der Waals surface area (Å²) >= 11 is 0. The lowest BCUT2D eigenvalue weighted by atomic mass is 10.2. The lowest BCUT2D eigenvalue weighted by Crippen LogP contribution is -1.98. The average molecular weight is 223 g/mol. The van der Waals surface area contributed by atoms with E-state index in [1.54, 1.807) is 0 Å². The Labute approximate surface area is 90.0 Å². The topological polar surface area (TPSA) is 69.4 Å². The van der Waals surface area contributed by atoms with Gasteiger partial charge in [0, 0.05) is 5.92 Å². The molecule has 0 saturated heterocycles. The number of para-hydroxylation sites is 1. The van der Waals surface area contributed by atoms with Crippen molar-refractivity contribution in [2.24, 2.45) is 0 Å². The molecule has 1 rings (SSSR count). The van der Waals surface area contributed by atoms with Gasteiger partial charge in [-0.15, -0.1) is 0 Å². The summed E-state index contributed by atoms with van der Waals surface area (Å²) in [6, 6.07) is 3.46. The molecule has 0 atom stereocenters. The van der Waals surface area contributed by atoms with Gasteiger partial charge >= 0.3 is 11.7 Å². The minimum Gasteiger partial charge on any atom is -0.459 e. The minimum absolute atomic E-state index is 0.171. The van der Waals surface area contributed by atoms with Crippen LogP contribution in [-0.2, 0) is 9.53 Å². The molecule has 0 aliphatic rings. The van der Waals surface area contributed by atoms with Gasteiger partial charge in [0.05, 0.1) is 12.0 Å². The zero-order valence-corrected chi connectivity index (χ0v) is 8.19. The molecule has 82 valence electrons. The Morgan fingerprint density at radius 3 is 2.81 bits per heavy atom. The van der Waals surface area contributed by atoms with E-state index in [1.807, 2.05) is 5.92 Å². The summed E-state index contributed by atoms with van der Waals surface area (Å²) in [7, 11) is 1.12. The smallest absolute Gasteiger partial charge is 0.384 e. The molecular formula is C10H6FNO4. The molecule has 0 fully saturated rings. The maximum absolute atomic E-state index is 13.1. The van der Waals surface area contributed by atoms with Gasteiger partial charge in [-0.3, -0.25) is 10.1 Å². The predicted molar refractivity (Wildman–Crippen MR) is 51.9 cm³/mol. The Bertz CT molecular complexity index is 501. The van der Waals surface area contributed by atoms with Crippen LogP contribution in [0.15, 0.2) is 18.2 Å². The van der Waals surface area contributed by atoms with Crippen LogP contribution >= 0.6 is 0 Å². The summed E-state index contributed by atoms with van der Waals surface area (Å²) in [6.07, 6.45) is 0. The van der Waals surface area contributed by atoms with Gasteiger partial charge in [-0.05, 0) is 18.1 Å². The first-order valence-corrected chi connectivity index (χ1v) is 4.09. The first-order chi connectivity index (χ1) is 7.56. The third-order valence-corrected chi connectivity index (χ3v) is 1.65. The molecule has 16 heavy (non-hydrogen) atoms. The van der Waals surface area contributed by atoms with E-state index in [9.17, 15) is 19.3 Å². The molecule has 1 aromatic rings. The number of methoxy groups -OCH3 is 1. The van der Waals surface area contributed by atoms with Gasteiger partial charge in [0.1, 0.15) is 5.56 Å². The van der Waals surface area contributed by atoms with E-state index in [-0.39, 0.29) is 5.56 Å². The van der Waals surface area contributed by atoms with E-state index in [0.717, 1.165) is 13.2 Å². The predicted octanol–water partition coefficient (Wildman–Crippen LogP) is 1.26. The monoisotopic (exact) mass is 223 g/mol. The van der Waals surface area contributed by atoms with Crippen molar-refractivity contribution >= 4 is 11.7 Å². The number of esters is 1. The third kappa shape index (κ3) is 2.54. The fourth-order valence-corrected chi connectivity index (χ4v) is 0.971. The molecule has 0 N–H and O–H groups in total. The number of nitrogens with zero attached hydrogens (tertiary/aromatic N) is 1. The number of nitro groups is 1. The highest BCUT2D eigenvalue weighted by Gasteiger charge is 2.18. The summed E-state index contributed by atoms with van der Waals surface area (Å²) in [5.74, 6) is 2.32. The average Bonchev–Trinajstić information content (AvgIpc) is 2.25. The first-order valence-electron chi connectivity index (χ1n) is 4.09. The van der Waals surface area contributed by atoms with Gasteiger partial charge in [-0.1, -0.05) is 6.07 Å². The summed E-state index contributed by atoms with van der Waals surface area (Å²) in [4.78, 5) is 20.3. The van der Waals surface area contributed by atoms with Crippen molar-refractivity contribution in [1.82, 2.24) is 0 Å². The van der Waals surface area contributed by atoms with Gasteiger partial charge in [0.25, 0.3) is 0 Å². The molecule has 5 nitrogen and oxygen atoms in total. The van der Waals surface area contributed by atoms with Crippen molar-refractivity contribution in [1.29, 1.82) is 0 Å². The van der Waals surface area contributed by atoms with E-state index in [1.165, 1.54) is 12.1 Å². The quantitative estimate of drug-likeness (QED) is 0.311. The van der Waals surface area contributed by atoms with Crippen LogP contribution in [0.5, 0.6) is 0 Å². The highest BCUT2D eigenvalue weighted by atomic mass is 19.1. The molecule has 0 amide bonds. The SMILES string of the molecule is COC(=O)C#Cc1cccc(F)c1[N+](=O)[O-]. The second-order valence-corrected chi connectivity index (χ2v) is 2.63. The number of hydrogen-bond donors (Lipinski definition) is 0. The van der Waals surface area contributed by atoms with Gasteiger partial charge in [-0.25, -0.2) is 4.79 Å². The first kappa shape index (κ1) is 11.7. The van der Waals surface area contributed by atoms with E-state index < -0.39 is 22.4 Å². The number of rotatable bonds is 1. The Kier molecular flexibility index (Phi) is 3.56. The van der Waals surface area contributed by atoms with E-state index in [2.05, 4.69) is 10.7 Å². The zero-order valence-electron chi connectivity index (χ0n) is 8.19. The zero-order chi connectivity index (χ0) is 12.1. The highest BCUT2D eigenvalue weighted by Crippen LogP contribution is 2.21. The van der Waals surface area contributed by atoms with Crippen molar-refractivity contribution in [3.8, 4) is 11.8 Å². The Morgan fingerprint density at radius 2 is 2.25 bits per heavy atom. The summed E-state index contributed by atoms with van der Waals surface area (Å²) in [5, 5.41) is 10.5. The van der Waals surface area contributed by atoms with Gasteiger partial charge in [0.15, 0.2) is 0 Å². The second kappa shape index (κ2) is 4.89. The van der Waals surface area contributed by atoms with Crippen LogP contribution in [0.3, 0.4) is 0 Å². The highest BCUT2D eigenvalue weighted by molar-refractivity contribution is 5.89. The summed E-state index contributed by atoms with van der Waals surface area (Å²) < 4.78 is 17.3. The van der Waals surface area contributed by atoms with Crippen LogP contribution in [0.2, 0.25) is 0 Å². The third-order valence-electron chi connectivity index (χ3n) is 1.65. The number of halogens is 1. The number of nitro benzene ring substituents is 1. The van der Waals surface area contributed by atoms with E-state index in [4.69, 9.17) is 0 Å². The molecule has 0 aromatic heterocycles. The second-order valence-electron chi connectivity index (χ2n) is 2.63. The standard InChI is InChI=1S/C10H6FNO4/c1-16-9(13)6-5-7-3-2-4-8(11)10(7)12(14)15/h2-4H,1H3. The molecule has 0 aliphatic heterocycles. The van der Waals surface area contributed by atoms with Crippen molar-refractivity contribution < 1.29 is 18.8 Å².